The van der Waals surface area contributed by atoms with Gasteiger partial charge in [0.25, 0.3) is 0 Å². The molecule has 0 aliphatic carbocycles. The molecule has 1 unspecified atom stereocenters. The van der Waals surface area contributed by atoms with Gasteiger partial charge in [-0.3, -0.25) is 4.79 Å². The number of halogens is 2. The monoisotopic (exact) mass is 317 g/mol. The van der Waals surface area contributed by atoms with Crippen molar-refractivity contribution in [2.75, 3.05) is 0 Å². The van der Waals surface area contributed by atoms with E-state index in [0.717, 1.165) is 0 Å². The molecule has 0 bridgehead atoms. The number of carboxylic acids is 1. The van der Waals surface area contributed by atoms with Crippen LogP contribution in [0.4, 0.5) is 0 Å². The summed E-state index contributed by atoms with van der Waals surface area (Å²) >= 11 is 11.7. The molecule has 110 valence electrons. The van der Waals surface area contributed by atoms with Gasteiger partial charge in [-0.2, -0.15) is 0 Å². The second kappa shape index (κ2) is 6.95. The van der Waals surface area contributed by atoms with Crippen molar-refractivity contribution in [3.63, 3.8) is 0 Å². The molecule has 1 aromatic carbocycles. The highest BCUT2D eigenvalue weighted by molar-refractivity contribution is 6.42. The van der Waals surface area contributed by atoms with Gasteiger partial charge in [0.15, 0.2) is 0 Å². The summed E-state index contributed by atoms with van der Waals surface area (Å²) in [5.74, 6) is -2.11. The van der Waals surface area contributed by atoms with Crippen LogP contribution in [0.2, 0.25) is 10.0 Å². The lowest BCUT2D eigenvalue weighted by Crippen LogP contribution is -2.45. The van der Waals surface area contributed by atoms with Crippen molar-refractivity contribution in [1.29, 1.82) is 0 Å². The summed E-state index contributed by atoms with van der Waals surface area (Å²) in [4.78, 5) is 23.2. The minimum atomic E-state index is -1.05. The first-order chi connectivity index (χ1) is 9.23. The molecule has 6 heteroatoms. The van der Waals surface area contributed by atoms with E-state index in [1.54, 1.807) is 39.0 Å². The smallest absolute Gasteiger partial charge is 0.326 e. The van der Waals surface area contributed by atoms with E-state index < -0.39 is 17.9 Å². The first-order valence-corrected chi connectivity index (χ1v) is 6.97. The number of carboxylic acid groups (broad SMARTS) is 1. The van der Waals surface area contributed by atoms with Crippen molar-refractivity contribution in [3.05, 3.63) is 33.8 Å². The van der Waals surface area contributed by atoms with E-state index in [-0.39, 0.29) is 11.8 Å². The average molecular weight is 318 g/mol. The number of rotatable bonds is 5. The third kappa shape index (κ3) is 4.12. The van der Waals surface area contributed by atoms with Crippen LogP contribution in [0.15, 0.2) is 18.2 Å². The number of carbonyl (C=O) groups is 2. The molecular formula is C14H17Cl2NO3. The van der Waals surface area contributed by atoms with Gasteiger partial charge in [0.1, 0.15) is 6.04 Å². The van der Waals surface area contributed by atoms with Crippen LogP contribution in [0.5, 0.6) is 0 Å². The molecular weight excluding hydrogens is 301 g/mol. The van der Waals surface area contributed by atoms with Crippen molar-refractivity contribution >= 4 is 35.1 Å². The van der Waals surface area contributed by atoms with E-state index in [2.05, 4.69) is 5.32 Å². The maximum absolute atomic E-state index is 12.1. The van der Waals surface area contributed by atoms with Crippen LogP contribution in [-0.4, -0.2) is 23.0 Å². The van der Waals surface area contributed by atoms with E-state index >= 15 is 0 Å². The largest absolute Gasteiger partial charge is 0.480 e. The lowest BCUT2D eigenvalue weighted by Gasteiger charge is -2.20. The quantitative estimate of drug-likeness (QED) is 0.875. The molecule has 0 aliphatic rings. The van der Waals surface area contributed by atoms with Crippen LogP contribution in [0, 0.1) is 5.92 Å². The molecule has 0 heterocycles. The Morgan fingerprint density at radius 1 is 1.15 bits per heavy atom. The lowest BCUT2D eigenvalue weighted by atomic mass is 9.98. The highest BCUT2D eigenvalue weighted by Gasteiger charge is 2.26. The molecule has 4 nitrogen and oxygen atoms in total. The number of hydrogen-bond acceptors (Lipinski definition) is 2. The molecule has 2 N–H and O–H groups in total. The summed E-state index contributed by atoms with van der Waals surface area (Å²) in [6.07, 6.45) is 0. The third-order valence-corrected chi connectivity index (χ3v) is 3.81. The molecule has 0 fully saturated rings. The summed E-state index contributed by atoms with van der Waals surface area (Å²) in [6, 6.07) is 4.01. The molecule has 0 spiro atoms. The molecule has 1 amide bonds. The second-order valence-corrected chi connectivity index (χ2v) is 5.78. The van der Waals surface area contributed by atoms with E-state index in [9.17, 15) is 9.59 Å². The lowest BCUT2D eigenvalue weighted by molar-refractivity contribution is -0.143. The van der Waals surface area contributed by atoms with Gasteiger partial charge in [-0.1, -0.05) is 43.1 Å². The Labute approximate surface area is 128 Å². The molecule has 2 atom stereocenters. The predicted molar refractivity (Wildman–Crippen MR) is 79.3 cm³/mol. The van der Waals surface area contributed by atoms with Gasteiger partial charge in [-0.15, -0.1) is 0 Å². The summed E-state index contributed by atoms with van der Waals surface area (Å²) in [5.41, 5.74) is 0.685. The minimum absolute atomic E-state index is 0.197. The number of amides is 1. The van der Waals surface area contributed by atoms with Gasteiger partial charge in [-0.05, 0) is 30.5 Å². The third-order valence-electron chi connectivity index (χ3n) is 3.07. The first-order valence-electron chi connectivity index (χ1n) is 6.22. The van der Waals surface area contributed by atoms with Crippen LogP contribution >= 0.6 is 23.2 Å². The summed E-state index contributed by atoms with van der Waals surface area (Å²) in [7, 11) is 0. The number of hydrogen-bond donors (Lipinski definition) is 2. The Morgan fingerprint density at radius 2 is 1.75 bits per heavy atom. The first kappa shape index (κ1) is 16.8. The molecule has 1 rings (SSSR count). The van der Waals surface area contributed by atoms with E-state index in [0.29, 0.717) is 15.6 Å². The maximum atomic E-state index is 12.1. The van der Waals surface area contributed by atoms with Crippen molar-refractivity contribution in [2.45, 2.75) is 32.7 Å². The van der Waals surface area contributed by atoms with Crippen molar-refractivity contribution in [1.82, 2.24) is 5.32 Å². The van der Waals surface area contributed by atoms with Gasteiger partial charge >= 0.3 is 5.97 Å². The SMILES string of the molecule is CC(C(=O)N[C@@H](C(=O)O)C(C)C)c1ccc(Cl)c(Cl)c1. The standard InChI is InChI=1S/C14H17Cl2NO3/c1-7(2)12(14(19)20)17-13(18)8(3)9-4-5-10(15)11(16)6-9/h4-8,12H,1-3H3,(H,17,18)(H,19,20)/t8?,12-/m1/s1. The van der Waals surface area contributed by atoms with Crippen LogP contribution in [0.1, 0.15) is 32.3 Å². The number of nitrogens with one attached hydrogen (secondary N) is 1. The van der Waals surface area contributed by atoms with Crippen molar-refractivity contribution in [2.24, 2.45) is 5.92 Å². The van der Waals surface area contributed by atoms with Gasteiger partial charge in [0.05, 0.1) is 16.0 Å². The summed E-state index contributed by atoms with van der Waals surface area (Å²) in [6.45, 7) is 5.17. The number of carbonyl (C=O) groups excluding carboxylic acids is 1. The average Bonchev–Trinajstić information content (AvgIpc) is 2.37. The highest BCUT2D eigenvalue weighted by atomic mass is 35.5. The molecule has 1 aromatic rings. The fourth-order valence-electron chi connectivity index (χ4n) is 1.72. The van der Waals surface area contributed by atoms with Gasteiger partial charge in [0.2, 0.25) is 5.91 Å². The van der Waals surface area contributed by atoms with Crippen LogP contribution < -0.4 is 5.32 Å². The zero-order valence-electron chi connectivity index (χ0n) is 11.5. The second-order valence-electron chi connectivity index (χ2n) is 4.96. The molecule has 0 aromatic heterocycles. The van der Waals surface area contributed by atoms with Crippen LogP contribution in [-0.2, 0) is 9.59 Å². The number of aliphatic carboxylic acids is 1. The fourth-order valence-corrected chi connectivity index (χ4v) is 2.03. The van der Waals surface area contributed by atoms with E-state index in [4.69, 9.17) is 28.3 Å². The zero-order valence-corrected chi connectivity index (χ0v) is 13.0. The Hall–Kier alpha value is -1.26. The maximum Gasteiger partial charge on any atom is 0.326 e. The molecule has 0 saturated heterocycles. The van der Waals surface area contributed by atoms with E-state index in [1.807, 2.05) is 0 Å². The molecule has 0 radical (unpaired) electrons. The summed E-state index contributed by atoms with van der Waals surface area (Å²) in [5, 5.41) is 12.4. The van der Waals surface area contributed by atoms with Crippen molar-refractivity contribution < 1.29 is 14.7 Å². The fraction of sp³-hybridized carbons (Fsp3) is 0.429. The Balaban J connectivity index is 2.85. The highest BCUT2D eigenvalue weighted by Crippen LogP contribution is 2.26. The molecule has 20 heavy (non-hydrogen) atoms. The van der Waals surface area contributed by atoms with Crippen LogP contribution in [0.3, 0.4) is 0 Å². The van der Waals surface area contributed by atoms with E-state index in [1.165, 1.54) is 0 Å². The van der Waals surface area contributed by atoms with Crippen molar-refractivity contribution in [3.8, 4) is 0 Å². The topological polar surface area (TPSA) is 66.4 Å². The zero-order chi connectivity index (χ0) is 15.4. The normalized spacial score (nSPS) is 13.9. The Bertz CT molecular complexity index is 517. The molecule has 0 saturated carbocycles. The van der Waals surface area contributed by atoms with Gasteiger partial charge in [0, 0.05) is 0 Å². The van der Waals surface area contributed by atoms with Gasteiger partial charge < -0.3 is 10.4 Å². The minimum Gasteiger partial charge on any atom is -0.480 e. The molecule has 0 aliphatic heterocycles. The van der Waals surface area contributed by atoms with Gasteiger partial charge in [-0.25, -0.2) is 4.79 Å². The Morgan fingerprint density at radius 3 is 2.20 bits per heavy atom. The van der Waals surface area contributed by atoms with Crippen LogP contribution in [0.25, 0.3) is 0 Å². The Kier molecular flexibility index (Phi) is 5.84. The summed E-state index contributed by atoms with van der Waals surface area (Å²) < 4.78 is 0. The number of benzene rings is 1. The predicted octanol–water partition coefficient (Wildman–Crippen LogP) is 3.32.